The Balaban J connectivity index is 1.10. The topological polar surface area (TPSA) is 17.8 Å². The first-order valence-corrected chi connectivity index (χ1v) is 18.9. The number of hydrogen-bond donors (Lipinski definition) is 0. The first-order chi connectivity index (χ1) is 27.3. The lowest BCUT2D eigenvalue weighted by Gasteiger charge is -2.18. The molecule has 11 rings (SSSR count). The van der Waals surface area contributed by atoms with E-state index < -0.39 is 0 Å². The molecule has 0 bridgehead atoms. The molecular weight excluding hydrogens is 665 g/mol. The van der Waals surface area contributed by atoms with Crippen molar-refractivity contribution in [3.63, 3.8) is 0 Å². The first-order valence-electron chi connectivity index (χ1n) is 18.9. The van der Waals surface area contributed by atoms with Crippen LogP contribution in [-0.2, 0) is 0 Å². The van der Waals surface area contributed by atoms with Gasteiger partial charge in [0.25, 0.3) is 0 Å². The summed E-state index contributed by atoms with van der Waals surface area (Å²) in [6.07, 6.45) is 0. The van der Waals surface area contributed by atoms with Crippen LogP contribution in [0.3, 0.4) is 0 Å². The van der Waals surface area contributed by atoms with Crippen molar-refractivity contribution in [3.8, 4) is 50.5 Å². The maximum absolute atomic E-state index is 5.31. The van der Waals surface area contributed by atoms with Crippen molar-refractivity contribution in [2.45, 2.75) is 0 Å². The second-order valence-electron chi connectivity index (χ2n) is 14.3. The minimum atomic E-state index is 0.924. The van der Waals surface area contributed by atoms with Crippen molar-refractivity contribution in [2.75, 3.05) is 0 Å². The van der Waals surface area contributed by atoms with Gasteiger partial charge in [-0.25, -0.2) is 4.98 Å². The number of fused-ring (bicyclic) bond motifs is 5. The Morgan fingerprint density at radius 3 is 1.56 bits per heavy atom. The molecule has 0 atom stereocenters. The molecule has 2 nitrogen and oxygen atoms in total. The van der Waals surface area contributed by atoms with E-state index in [0.717, 1.165) is 33.7 Å². The highest BCUT2D eigenvalue weighted by molar-refractivity contribution is 6.21. The van der Waals surface area contributed by atoms with Crippen LogP contribution >= 0.6 is 0 Å². The zero-order valence-corrected chi connectivity index (χ0v) is 30.0. The fraction of sp³-hybridized carbons (Fsp3) is 0. The zero-order chi connectivity index (χ0) is 36.3. The minimum absolute atomic E-state index is 0.924. The van der Waals surface area contributed by atoms with Crippen LogP contribution in [0.4, 0.5) is 0 Å². The predicted molar refractivity (Wildman–Crippen MR) is 233 cm³/mol. The lowest BCUT2D eigenvalue weighted by molar-refractivity contribution is 1.10. The van der Waals surface area contributed by atoms with Crippen LogP contribution in [0.5, 0.6) is 0 Å². The summed E-state index contributed by atoms with van der Waals surface area (Å²) in [4.78, 5) is 5.31. The average Bonchev–Trinajstić information content (AvgIpc) is 3.65. The minimum Gasteiger partial charge on any atom is -0.292 e. The lowest BCUT2D eigenvalue weighted by atomic mass is 9.85. The van der Waals surface area contributed by atoms with Crippen LogP contribution in [0.2, 0.25) is 0 Å². The lowest BCUT2D eigenvalue weighted by Crippen LogP contribution is -1.99. The molecule has 55 heavy (non-hydrogen) atoms. The van der Waals surface area contributed by atoms with Crippen molar-refractivity contribution in [1.82, 2.24) is 9.55 Å². The van der Waals surface area contributed by atoms with Gasteiger partial charge in [-0.05, 0) is 107 Å². The van der Waals surface area contributed by atoms with E-state index in [9.17, 15) is 0 Å². The van der Waals surface area contributed by atoms with Crippen LogP contribution in [0.25, 0.3) is 105 Å². The fourth-order valence-corrected chi connectivity index (χ4v) is 8.71. The van der Waals surface area contributed by atoms with Gasteiger partial charge in [-0.1, -0.05) is 176 Å². The van der Waals surface area contributed by atoms with Gasteiger partial charge >= 0.3 is 0 Å². The Bertz CT molecular complexity index is 3200. The molecule has 0 aliphatic carbocycles. The summed E-state index contributed by atoms with van der Waals surface area (Å²) >= 11 is 0. The molecule has 0 radical (unpaired) electrons. The van der Waals surface area contributed by atoms with Crippen molar-refractivity contribution in [3.05, 3.63) is 206 Å². The first kappa shape index (κ1) is 31.3. The second-order valence-corrected chi connectivity index (χ2v) is 14.3. The molecule has 1 heterocycles. The molecule has 1 aromatic heterocycles. The Morgan fingerprint density at radius 1 is 0.327 bits per heavy atom. The van der Waals surface area contributed by atoms with E-state index in [0.29, 0.717) is 0 Å². The number of aromatic nitrogens is 2. The van der Waals surface area contributed by atoms with Crippen LogP contribution in [-0.4, -0.2) is 9.55 Å². The third-order valence-electron chi connectivity index (χ3n) is 11.2. The molecule has 2 heteroatoms. The third kappa shape index (κ3) is 5.07. The number of nitrogens with zero attached hydrogens (tertiary/aromatic N) is 2. The number of para-hydroxylation sites is 2. The molecule has 0 saturated heterocycles. The molecule has 0 spiro atoms. The summed E-state index contributed by atoms with van der Waals surface area (Å²) in [7, 11) is 0. The quantitative estimate of drug-likeness (QED) is 0.164. The summed E-state index contributed by atoms with van der Waals surface area (Å²) < 4.78 is 2.32. The van der Waals surface area contributed by atoms with Gasteiger partial charge in [0.05, 0.1) is 11.0 Å². The van der Waals surface area contributed by atoms with E-state index >= 15 is 0 Å². The fourth-order valence-electron chi connectivity index (χ4n) is 8.71. The van der Waals surface area contributed by atoms with Crippen LogP contribution in [0.1, 0.15) is 0 Å². The normalized spacial score (nSPS) is 11.6. The monoisotopic (exact) mass is 698 g/mol. The summed E-state index contributed by atoms with van der Waals surface area (Å²) in [5.74, 6) is 0.924. The standard InChI is InChI=1S/C53H34N2/c1-2-16-38-34-39(29-28-35(38)14-1)52-46-22-8-6-20-44(46)51(45-21-7-9-23-47(45)52)37-30-32-40(33-31-37)55-50-27-12-11-26-49(50)54-53(55)48-24-10-5-19-43(48)42-25-13-17-36-15-3-4-18-41(36)42/h1-34H. The van der Waals surface area contributed by atoms with Gasteiger partial charge in [0.2, 0.25) is 0 Å². The molecule has 0 saturated carbocycles. The van der Waals surface area contributed by atoms with Crippen LogP contribution in [0.15, 0.2) is 206 Å². The second kappa shape index (κ2) is 12.7. The van der Waals surface area contributed by atoms with Gasteiger partial charge in [-0.2, -0.15) is 0 Å². The molecule has 0 aliphatic rings. The maximum Gasteiger partial charge on any atom is 0.146 e. The van der Waals surface area contributed by atoms with E-state index in [1.807, 2.05) is 0 Å². The average molecular weight is 699 g/mol. The molecule has 0 unspecified atom stereocenters. The van der Waals surface area contributed by atoms with Crippen molar-refractivity contribution in [2.24, 2.45) is 0 Å². The largest absolute Gasteiger partial charge is 0.292 e. The van der Waals surface area contributed by atoms with Gasteiger partial charge in [0.1, 0.15) is 5.82 Å². The molecular formula is C53H34N2. The summed E-state index contributed by atoms with van der Waals surface area (Å²) in [5, 5.41) is 9.96. The highest BCUT2D eigenvalue weighted by atomic mass is 15.1. The summed E-state index contributed by atoms with van der Waals surface area (Å²) in [5.41, 5.74) is 11.5. The van der Waals surface area contributed by atoms with Crippen LogP contribution < -0.4 is 0 Å². The maximum atomic E-state index is 5.31. The Morgan fingerprint density at radius 2 is 0.836 bits per heavy atom. The number of hydrogen-bond acceptors (Lipinski definition) is 1. The molecule has 0 N–H and O–H groups in total. The van der Waals surface area contributed by atoms with Crippen molar-refractivity contribution in [1.29, 1.82) is 0 Å². The highest BCUT2D eigenvalue weighted by Gasteiger charge is 2.20. The van der Waals surface area contributed by atoms with E-state index in [-0.39, 0.29) is 0 Å². The van der Waals surface area contributed by atoms with Gasteiger partial charge in [-0.3, -0.25) is 4.57 Å². The van der Waals surface area contributed by atoms with Gasteiger partial charge in [0, 0.05) is 11.3 Å². The molecule has 256 valence electrons. The molecule has 0 amide bonds. The van der Waals surface area contributed by atoms with Crippen LogP contribution in [0, 0.1) is 0 Å². The Hall–Kier alpha value is -7.29. The number of benzene rings is 10. The number of imidazole rings is 1. The number of rotatable bonds is 5. The van der Waals surface area contributed by atoms with E-state index in [1.54, 1.807) is 0 Å². The molecule has 11 aromatic rings. The molecule has 0 aliphatic heterocycles. The smallest absolute Gasteiger partial charge is 0.146 e. The zero-order valence-electron chi connectivity index (χ0n) is 30.0. The van der Waals surface area contributed by atoms with Gasteiger partial charge in [-0.15, -0.1) is 0 Å². The highest BCUT2D eigenvalue weighted by Crippen LogP contribution is 2.45. The van der Waals surface area contributed by atoms with Crippen molar-refractivity contribution >= 4 is 54.1 Å². The summed E-state index contributed by atoms with van der Waals surface area (Å²) in [6, 6.07) is 74.6. The molecule has 0 fully saturated rings. The van der Waals surface area contributed by atoms with Crippen molar-refractivity contribution < 1.29 is 0 Å². The molecule has 10 aromatic carbocycles. The van der Waals surface area contributed by atoms with E-state index in [1.165, 1.54) is 70.9 Å². The predicted octanol–water partition coefficient (Wildman–Crippen LogP) is 14.3. The van der Waals surface area contributed by atoms with Gasteiger partial charge < -0.3 is 0 Å². The van der Waals surface area contributed by atoms with E-state index in [2.05, 4.69) is 211 Å². The summed E-state index contributed by atoms with van der Waals surface area (Å²) in [6.45, 7) is 0. The van der Waals surface area contributed by atoms with Gasteiger partial charge in [0.15, 0.2) is 0 Å². The SMILES string of the molecule is c1ccc(-c2nc3ccccc3n2-c2ccc(-c3c4ccccc4c(-c4ccc5ccccc5c4)c4ccccc34)cc2)c(-c2cccc3ccccc23)c1. The third-order valence-corrected chi connectivity index (χ3v) is 11.2. The Labute approximate surface area is 319 Å². The Kier molecular flexibility index (Phi) is 7.21. The van der Waals surface area contributed by atoms with E-state index in [4.69, 9.17) is 4.98 Å².